The number of aliphatic hydroxyl groups excluding tert-OH is 1. The number of likely N-dealkylation sites (N-methyl/N-ethyl adjacent to an activating group) is 1. The van der Waals surface area contributed by atoms with Crippen molar-refractivity contribution in [2.75, 3.05) is 13.6 Å². The van der Waals surface area contributed by atoms with Crippen LogP contribution in [0.4, 0.5) is 0 Å². The maximum atomic E-state index is 10.4. The minimum absolute atomic E-state index is 0. The standard InChI is InChI=1S/C17H19NO3.Na.H/c1-18-7-6-17-10-3-5-13(20)16(17)21-15-12(19)4-2-9(14(15)17)8-11(10)18;;/h2-5,10-11,13,16,19-20H,6-8H2,1H3;;/t10-,11+,13-,16-,17-;;/m0../s1. The first kappa shape index (κ1) is 15.0. The zero-order valence-electron chi connectivity index (χ0n) is 12.0. The normalized spacial score (nSPS) is 40.6. The molecule has 5 rings (SSSR count). The van der Waals surface area contributed by atoms with E-state index in [0.29, 0.717) is 17.7 Å². The Morgan fingerprint density at radius 1 is 1.32 bits per heavy atom. The van der Waals surface area contributed by atoms with Gasteiger partial charge in [-0.15, -0.1) is 0 Å². The van der Waals surface area contributed by atoms with Gasteiger partial charge in [-0.1, -0.05) is 18.2 Å². The molecule has 1 aromatic rings. The number of phenols is 1. The third kappa shape index (κ3) is 1.55. The maximum absolute atomic E-state index is 10.4. The molecule has 1 aromatic carbocycles. The summed E-state index contributed by atoms with van der Waals surface area (Å²) in [5, 5.41) is 20.6. The average Bonchev–Trinajstić information content (AvgIpc) is 2.83. The van der Waals surface area contributed by atoms with E-state index in [1.54, 1.807) is 6.07 Å². The van der Waals surface area contributed by atoms with E-state index >= 15 is 0 Å². The quantitative estimate of drug-likeness (QED) is 0.543. The molecule has 4 aliphatic rings. The fourth-order valence-electron chi connectivity index (χ4n) is 5.24. The number of aliphatic hydroxyl groups is 1. The van der Waals surface area contributed by atoms with Gasteiger partial charge >= 0.3 is 29.6 Å². The molecule has 112 valence electrons. The molecule has 0 unspecified atom stereocenters. The van der Waals surface area contributed by atoms with Gasteiger partial charge in [-0.25, -0.2) is 0 Å². The van der Waals surface area contributed by atoms with Crippen molar-refractivity contribution in [2.24, 2.45) is 5.92 Å². The molecule has 2 aliphatic carbocycles. The van der Waals surface area contributed by atoms with Crippen LogP contribution in [-0.4, -0.2) is 76.5 Å². The first-order valence-corrected chi connectivity index (χ1v) is 7.71. The van der Waals surface area contributed by atoms with Crippen LogP contribution in [-0.2, 0) is 11.8 Å². The van der Waals surface area contributed by atoms with Crippen molar-refractivity contribution in [1.29, 1.82) is 0 Å². The number of hydrogen-bond donors (Lipinski definition) is 2. The molecular weight excluding hydrogens is 289 g/mol. The molecule has 2 aliphatic heterocycles. The second-order valence-electron chi connectivity index (χ2n) is 6.93. The first-order chi connectivity index (χ1) is 10.1. The fraction of sp³-hybridized carbons (Fsp3) is 0.529. The molecule has 1 saturated heterocycles. The van der Waals surface area contributed by atoms with Crippen molar-refractivity contribution >= 4 is 29.6 Å². The summed E-state index contributed by atoms with van der Waals surface area (Å²) in [7, 11) is 2.19. The van der Waals surface area contributed by atoms with Crippen LogP contribution in [0.5, 0.6) is 11.5 Å². The molecule has 2 heterocycles. The van der Waals surface area contributed by atoms with Crippen LogP contribution in [0.3, 0.4) is 0 Å². The summed E-state index contributed by atoms with van der Waals surface area (Å²) < 4.78 is 6.09. The van der Waals surface area contributed by atoms with E-state index < -0.39 is 6.10 Å². The molecular formula is C17H20NNaO3. The van der Waals surface area contributed by atoms with Crippen LogP contribution in [0, 0.1) is 5.92 Å². The summed E-state index contributed by atoms with van der Waals surface area (Å²) in [5.74, 6) is 1.19. The van der Waals surface area contributed by atoms with Gasteiger partial charge in [0.05, 0.1) is 0 Å². The second-order valence-corrected chi connectivity index (χ2v) is 6.93. The van der Waals surface area contributed by atoms with Crippen LogP contribution in [0.1, 0.15) is 17.5 Å². The third-order valence-electron chi connectivity index (χ3n) is 6.15. The SMILES string of the molecule is CN1CC[C@]23c4c5ccc(O)c4O[C@H]2[C@@H](O)C=C[C@H]3[C@H]1C5.[NaH]. The Labute approximate surface area is 152 Å². The number of ether oxygens (including phenoxy) is 1. The minimum atomic E-state index is -0.594. The number of rotatable bonds is 0. The van der Waals surface area contributed by atoms with Gasteiger partial charge in [0.1, 0.15) is 12.2 Å². The van der Waals surface area contributed by atoms with Crippen LogP contribution in [0.15, 0.2) is 24.3 Å². The average molecular weight is 309 g/mol. The molecule has 0 radical (unpaired) electrons. The van der Waals surface area contributed by atoms with Gasteiger partial charge in [0.25, 0.3) is 0 Å². The molecule has 0 amide bonds. The van der Waals surface area contributed by atoms with E-state index in [4.69, 9.17) is 4.74 Å². The van der Waals surface area contributed by atoms with E-state index in [-0.39, 0.29) is 46.8 Å². The summed E-state index contributed by atoms with van der Waals surface area (Å²) in [5.41, 5.74) is 2.29. The fourth-order valence-corrected chi connectivity index (χ4v) is 5.24. The molecule has 2 N–H and O–H groups in total. The molecule has 0 saturated carbocycles. The molecule has 1 spiro atoms. The van der Waals surface area contributed by atoms with Gasteiger partial charge in [0.2, 0.25) is 0 Å². The van der Waals surface area contributed by atoms with Crippen molar-refractivity contribution in [2.45, 2.75) is 36.5 Å². The van der Waals surface area contributed by atoms with Gasteiger partial charge in [0, 0.05) is 22.9 Å². The molecule has 5 heteroatoms. The number of hydrogen-bond acceptors (Lipinski definition) is 4. The van der Waals surface area contributed by atoms with E-state index in [2.05, 4.69) is 18.0 Å². The van der Waals surface area contributed by atoms with Gasteiger partial charge in [0.15, 0.2) is 11.5 Å². The van der Waals surface area contributed by atoms with Crippen molar-refractivity contribution < 1.29 is 14.9 Å². The summed E-state index contributed by atoms with van der Waals surface area (Å²) in [6.07, 6.45) is 5.18. The summed E-state index contributed by atoms with van der Waals surface area (Å²) in [6.45, 7) is 1.01. The van der Waals surface area contributed by atoms with Crippen molar-refractivity contribution in [1.82, 2.24) is 4.90 Å². The molecule has 4 nitrogen and oxygen atoms in total. The Morgan fingerprint density at radius 2 is 2.14 bits per heavy atom. The van der Waals surface area contributed by atoms with Crippen LogP contribution in [0.2, 0.25) is 0 Å². The van der Waals surface area contributed by atoms with Gasteiger partial charge in [-0.05, 0) is 38.1 Å². The monoisotopic (exact) mass is 309 g/mol. The topological polar surface area (TPSA) is 52.9 Å². The second kappa shape index (κ2) is 4.74. The zero-order chi connectivity index (χ0) is 14.4. The molecule has 1 fully saturated rings. The number of piperidine rings is 1. The summed E-state index contributed by atoms with van der Waals surface area (Å²) in [4.78, 5) is 2.43. The van der Waals surface area contributed by atoms with Gasteiger partial charge in [-0.3, -0.25) is 0 Å². The van der Waals surface area contributed by atoms with Crippen LogP contribution >= 0.6 is 0 Å². The van der Waals surface area contributed by atoms with Crippen molar-refractivity contribution in [3.8, 4) is 11.5 Å². The summed E-state index contributed by atoms with van der Waals surface area (Å²) in [6, 6.07) is 4.23. The van der Waals surface area contributed by atoms with Crippen molar-refractivity contribution in [3.05, 3.63) is 35.4 Å². The number of benzene rings is 1. The number of nitrogens with zero attached hydrogens (tertiary/aromatic N) is 1. The number of phenolic OH excluding ortho intramolecular Hbond substituents is 1. The van der Waals surface area contributed by atoms with E-state index in [9.17, 15) is 10.2 Å². The predicted molar refractivity (Wildman–Crippen MR) is 84.7 cm³/mol. The number of aromatic hydroxyl groups is 1. The van der Waals surface area contributed by atoms with Crippen LogP contribution in [0.25, 0.3) is 0 Å². The predicted octanol–water partition coefficient (Wildman–Crippen LogP) is 0.550. The number of likely N-dealkylation sites (tertiary alicyclic amines) is 1. The van der Waals surface area contributed by atoms with Gasteiger partial charge < -0.3 is 19.8 Å². The molecule has 0 aromatic heterocycles. The first-order valence-electron chi connectivity index (χ1n) is 7.71. The summed E-state index contributed by atoms with van der Waals surface area (Å²) >= 11 is 0. The third-order valence-corrected chi connectivity index (χ3v) is 6.15. The van der Waals surface area contributed by atoms with E-state index in [1.165, 1.54) is 11.1 Å². The Balaban J connectivity index is 0.00000125. The molecule has 2 bridgehead atoms. The Morgan fingerprint density at radius 3 is 2.95 bits per heavy atom. The Kier molecular flexibility index (Phi) is 3.24. The molecule has 5 atom stereocenters. The molecule has 22 heavy (non-hydrogen) atoms. The van der Waals surface area contributed by atoms with E-state index in [0.717, 1.165) is 19.4 Å². The van der Waals surface area contributed by atoms with Crippen LogP contribution < -0.4 is 4.74 Å². The van der Waals surface area contributed by atoms with Crippen molar-refractivity contribution in [3.63, 3.8) is 0 Å². The Bertz CT molecular complexity index is 676. The van der Waals surface area contributed by atoms with E-state index in [1.807, 2.05) is 12.1 Å². The Hall–Kier alpha value is -0.520. The van der Waals surface area contributed by atoms with Gasteiger partial charge in [-0.2, -0.15) is 0 Å². The zero-order valence-corrected chi connectivity index (χ0v) is 12.0.